The summed E-state index contributed by atoms with van der Waals surface area (Å²) in [6.45, 7) is 0.507. The fourth-order valence-corrected chi connectivity index (χ4v) is 10.1. The Morgan fingerprint density at radius 3 is 2.26 bits per heavy atom. The number of nitrogens with zero attached hydrogens (tertiary/aromatic N) is 7. The number of oxime groups is 1. The second-order valence-electron chi connectivity index (χ2n) is 13.5. The Hall–Kier alpha value is -6.05. The number of hydrogen-bond donors (Lipinski definition) is 4. The first-order valence-corrected chi connectivity index (χ1v) is 21.1. The zero-order valence-corrected chi connectivity index (χ0v) is 33.3. The molecule has 0 spiro atoms. The molecule has 58 heavy (non-hydrogen) atoms. The van der Waals surface area contributed by atoms with Crippen LogP contribution < -0.4 is 16.0 Å². The van der Waals surface area contributed by atoms with Crippen molar-refractivity contribution >= 4 is 69.4 Å². The van der Waals surface area contributed by atoms with Crippen molar-refractivity contribution in [2.75, 3.05) is 23.4 Å². The zero-order valence-electron chi connectivity index (χ0n) is 30.8. The largest absolute Gasteiger partial charge is 0.477 e. The van der Waals surface area contributed by atoms with Gasteiger partial charge in [-0.2, -0.15) is 0 Å². The molecule has 3 aliphatic rings. The highest BCUT2D eigenvalue weighted by atomic mass is 32.2. The van der Waals surface area contributed by atoms with Gasteiger partial charge in [0.1, 0.15) is 28.3 Å². The first-order valence-electron chi connectivity index (χ1n) is 18.2. The summed E-state index contributed by atoms with van der Waals surface area (Å²) in [4.78, 5) is 64.7. The average Bonchev–Trinajstić information content (AvgIpc) is 3.90. The standard InChI is InChI=1S/C39H36N10O6S3/c1-48-38(44-46-47-48)58-21-23-20-56-35-30(34(52)49(35)31(23)36(53)54)42-33(51)29(45-55-28-18-11-19-40-32(28)50)27-22-57-37(41-27)43-39(24-12-5-2-6-13-24,25-14-7-3-8-15-25)26-16-9-4-10-17-26/h2-10,12-17,22,28,30,35H,11,18-21H2,1H3,(H,40,50)(H,41,43)(H,42,51)(H,53,54)/t28?,30-,35+/m1/s1. The van der Waals surface area contributed by atoms with E-state index in [0.717, 1.165) is 16.7 Å². The van der Waals surface area contributed by atoms with Crippen LogP contribution in [0.25, 0.3) is 0 Å². The molecule has 19 heteroatoms. The fraction of sp³-hybridized carbons (Fsp3) is 0.256. The van der Waals surface area contributed by atoms with Crippen LogP contribution in [0.3, 0.4) is 0 Å². The normalized spacial score (nSPS) is 19.5. The van der Waals surface area contributed by atoms with Gasteiger partial charge in [0, 0.05) is 30.5 Å². The van der Waals surface area contributed by atoms with E-state index in [4.69, 9.17) is 9.82 Å². The third kappa shape index (κ3) is 7.54. The lowest BCUT2D eigenvalue weighted by Gasteiger charge is -2.49. The molecule has 16 nitrogen and oxygen atoms in total. The third-order valence-electron chi connectivity index (χ3n) is 9.88. The maximum absolute atomic E-state index is 14.2. The SMILES string of the molecule is Cn1nnnc1SCC1=C(C(=O)O)N2C(=O)[C@@H](NC(=O)C(=NOC3CCCNC3=O)c3csc(NC(c4ccccc4)(c4ccccc4)c4ccccc4)n3)[C@@H]2SC1. The summed E-state index contributed by atoms with van der Waals surface area (Å²) in [6.07, 6.45) is 0.134. The van der Waals surface area contributed by atoms with E-state index >= 15 is 0 Å². The summed E-state index contributed by atoms with van der Waals surface area (Å²) < 4.78 is 1.47. The number of thioether (sulfide) groups is 2. The molecule has 0 bridgehead atoms. The number of tetrazole rings is 1. The molecule has 5 heterocycles. The van der Waals surface area contributed by atoms with Crippen LogP contribution in [0.4, 0.5) is 5.13 Å². The second-order valence-corrected chi connectivity index (χ2v) is 16.4. The second kappa shape index (κ2) is 16.8. The van der Waals surface area contributed by atoms with Gasteiger partial charge in [0.2, 0.25) is 11.3 Å². The lowest BCUT2D eigenvalue weighted by atomic mass is 9.77. The molecule has 5 aromatic rings. The van der Waals surface area contributed by atoms with Gasteiger partial charge in [-0.3, -0.25) is 19.3 Å². The maximum Gasteiger partial charge on any atom is 0.352 e. The number of fused-ring (bicyclic) bond motifs is 1. The molecule has 2 saturated heterocycles. The van der Waals surface area contributed by atoms with Crippen molar-refractivity contribution in [3.05, 3.63) is 130 Å². The molecule has 4 N–H and O–H groups in total. The van der Waals surface area contributed by atoms with Crippen LogP contribution in [0, 0.1) is 0 Å². The number of aryl methyl sites for hydroxylation is 1. The van der Waals surface area contributed by atoms with E-state index in [1.165, 1.54) is 44.4 Å². The van der Waals surface area contributed by atoms with Gasteiger partial charge in [0.25, 0.3) is 17.7 Å². The topological polar surface area (TPSA) is 206 Å². The van der Waals surface area contributed by atoms with E-state index in [9.17, 15) is 24.3 Å². The molecule has 0 saturated carbocycles. The maximum atomic E-state index is 14.2. The summed E-state index contributed by atoms with van der Waals surface area (Å²) in [7, 11) is 1.68. The van der Waals surface area contributed by atoms with E-state index in [1.54, 1.807) is 12.4 Å². The smallest absolute Gasteiger partial charge is 0.352 e. The van der Waals surface area contributed by atoms with Crippen LogP contribution in [-0.2, 0) is 36.6 Å². The number of aliphatic carboxylic acids is 1. The number of thiazole rings is 1. The van der Waals surface area contributed by atoms with Crippen molar-refractivity contribution in [2.24, 2.45) is 12.2 Å². The van der Waals surface area contributed by atoms with Crippen LogP contribution in [-0.4, -0.2) is 100 Å². The van der Waals surface area contributed by atoms with E-state index < -0.39 is 40.8 Å². The summed E-state index contributed by atoms with van der Waals surface area (Å²) in [5.41, 5.74) is 2.23. The fourth-order valence-electron chi connectivity index (χ4n) is 7.05. The Morgan fingerprint density at radius 1 is 1.02 bits per heavy atom. The number of carboxylic acid groups (broad SMARTS) is 1. The number of nitrogens with one attached hydrogen (secondary N) is 3. The number of benzene rings is 3. The van der Waals surface area contributed by atoms with Crippen molar-refractivity contribution < 1.29 is 29.1 Å². The zero-order chi connectivity index (χ0) is 40.2. The molecule has 296 valence electrons. The van der Waals surface area contributed by atoms with Gasteiger partial charge in [-0.15, -0.1) is 28.2 Å². The Labute approximate surface area is 344 Å². The molecule has 3 aliphatic heterocycles. The Balaban J connectivity index is 1.09. The highest BCUT2D eigenvalue weighted by Crippen LogP contribution is 2.43. The van der Waals surface area contributed by atoms with Crippen molar-refractivity contribution in [3.63, 3.8) is 0 Å². The van der Waals surface area contributed by atoms with Crippen molar-refractivity contribution in [3.8, 4) is 0 Å². The molecule has 2 fully saturated rings. The Bertz CT molecular complexity index is 2290. The number of aromatic nitrogens is 5. The Kier molecular flexibility index (Phi) is 11.3. The van der Waals surface area contributed by atoms with E-state index in [-0.39, 0.29) is 28.8 Å². The van der Waals surface area contributed by atoms with Crippen molar-refractivity contribution in [1.82, 2.24) is 40.7 Å². The van der Waals surface area contributed by atoms with Crippen LogP contribution >= 0.6 is 34.9 Å². The van der Waals surface area contributed by atoms with E-state index in [1.807, 2.05) is 91.0 Å². The number of carbonyl (C=O) groups is 4. The molecule has 3 atom stereocenters. The van der Waals surface area contributed by atoms with Crippen LogP contribution in [0.15, 0.2) is 118 Å². The molecular formula is C39H36N10O6S3. The number of carbonyl (C=O) groups excluding carboxylic acids is 3. The summed E-state index contributed by atoms with van der Waals surface area (Å²) in [6, 6.07) is 28.8. The van der Waals surface area contributed by atoms with Gasteiger partial charge >= 0.3 is 5.97 Å². The monoisotopic (exact) mass is 836 g/mol. The molecule has 0 radical (unpaired) electrons. The predicted octanol–water partition coefficient (Wildman–Crippen LogP) is 3.60. The van der Waals surface area contributed by atoms with Gasteiger partial charge in [-0.1, -0.05) is 108 Å². The number of carboxylic acids is 1. The first-order chi connectivity index (χ1) is 28.2. The minimum Gasteiger partial charge on any atom is -0.477 e. The summed E-state index contributed by atoms with van der Waals surface area (Å²) in [5.74, 6) is -2.42. The Morgan fingerprint density at radius 2 is 1.67 bits per heavy atom. The number of hydrogen-bond acceptors (Lipinski definition) is 14. The predicted molar refractivity (Wildman–Crippen MR) is 218 cm³/mol. The van der Waals surface area contributed by atoms with Crippen molar-refractivity contribution in [2.45, 2.75) is 41.1 Å². The van der Waals surface area contributed by atoms with Crippen LogP contribution in [0.5, 0.6) is 0 Å². The van der Waals surface area contributed by atoms with Gasteiger partial charge in [-0.05, 0) is 45.5 Å². The van der Waals surface area contributed by atoms with E-state index in [0.29, 0.717) is 41.0 Å². The highest BCUT2D eigenvalue weighted by molar-refractivity contribution is 8.01. The van der Waals surface area contributed by atoms with Gasteiger partial charge < -0.3 is 25.9 Å². The molecule has 0 aliphatic carbocycles. The number of piperidine rings is 1. The quantitative estimate of drug-likeness (QED) is 0.0416. The average molecular weight is 837 g/mol. The lowest BCUT2D eigenvalue weighted by molar-refractivity contribution is -0.150. The number of rotatable bonds is 14. The van der Waals surface area contributed by atoms with Gasteiger partial charge in [-0.25, -0.2) is 14.5 Å². The van der Waals surface area contributed by atoms with Crippen LogP contribution in [0.1, 0.15) is 35.2 Å². The molecule has 1 unspecified atom stereocenters. The minimum atomic E-state index is -1.25. The van der Waals surface area contributed by atoms with Crippen LogP contribution in [0.2, 0.25) is 0 Å². The van der Waals surface area contributed by atoms with E-state index in [2.05, 4.69) is 36.6 Å². The first kappa shape index (κ1) is 38.8. The van der Waals surface area contributed by atoms with Gasteiger partial charge in [0.05, 0.1) is 0 Å². The molecule has 3 aromatic carbocycles. The number of β-lactam (4-membered cyclic amide) rings is 1. The van der Waals surface area contributed by atoms with Gasteiger partial charge in [0.15, 0.2) is 10.8 Å². The third-order valence-corrected chi connectivity index (χ3v) is 13.1. The van der Waals surface area contributed by atoms with Crippen molar-refractivity contribution in [1.29, 1.82) is 0 Å². The molecule has 2 aromatic heterocycles. The molecule has 3 amide bonds. The number of amides is 3. The molecular weight excluding hydrogens is 801 g/mol. The summed E-state index contributed by atoms with van der Waals surface area (Å²) >= 11 is 3.84. The highest BCUT2D eigenvalue weighted by Gasteiger charge is 2.54. The minimum absolute atomic E-state index is 0.128. The summed E-state index contributed by atoms with van der Waals surface area (Å²) in [5, 5.41) is 36.9. The molecule has 8 rings (SSSR count). The lowest BCUT2D eigenvalue weighted by Crippen LogP contribution is -2.71. The number of anilines is 1.